The standard InChI is InChI=1S/C17H20FN3O3S2/c18-14-3-1-12(2-4-14)9-20(15-5-6-15)11-21-17(25)24-16(19-21)13-7-8-26(22,23)10-13/h1-4,13,15H,5-11H2/t13-/m0/s1. The normalized spacial score (nSPS) is 22.2. The van der Waals surface area contributed by atoms with E-state index < -0.39 is 9.84 Å². The van der Waals surface area contributed by atoms with Crippen molar-refractivity contribution in [3.05, 3.63) is 46.4 Å². The summed E-state index contributed by atoms with van der Waals surface area (Å²) >= 11 is 5.28. The smallest absolute Gasteiger partial charge is 0.288 e. The number of aromatic nitrogens is 2. The third-order valence-corrected chi connectivity index (χ3v) is 6.94. The molecule has 0 spiro atoms. The van der Waals surface area contributed by atoms with Gasteiger partial charge in [0.05, 0.1) is 24.1 Å². The summed E-state index contributed by atoms with van der Waals surface area (Å²) < 4.78 is 43.7. The number of benzene rings is 1. The molecule has 4 rings (SSSR count). The first-order valence-electron chi connectivity index (χ1n) is 8.66. The summed E-state index contributed by atoms with van der Waals surface area (Å²) in [4.78, 5) is 2.50. The highest BCUT2D eigenvalue weighted by molar-refractivity contribution is 7.91. The third kappa shape index (κ3) is 4.05. The van der Waals surface area contributed by atoms with Crippen molar-refractivity contribution in [2.75, 3.05) is 11.5 Å². The number of rotatable bonds is 6. The summed E-state index contributed by atoms with van der Waals surface area (Å²) in [6, 6.07) is 6.93. The van der Waals surface area contributed by atoms with E-state index in [-0.39, 0.29) is 28.1 Å². The van der Waals surface area contributed by atoms with Crippen LogP contribution in [-0.2, 0) is 23.1 Å². The average molecular weight is 397 g/mol. The van der Waals surface area contributed by atoms with Crippen LogP contribution >= 0.6 is 12.2 Å². The molecule has 1 aromatic carbocycles. The zero-order chi connectivity index (χ0) is 18.3. The summed E-state index contributed by atoms with van der Waals surface area (Å²) in [7, 11) is -3.00. The van der Waals surface area contributed by atoms with Crippen molar-refractivity contribution in [3.8, 4) is 0 Å². The highest BCUT2D eigenvalue weighted by atomic mass is 32.2. The Morgan fingerprint density at radius 1 is 1.27 bits per heavy atom. The number of sulfone groups is 1. The molecule has 0 radical (unpaired) electrons. The maximum Gasteiger partial charge on any atom is 0.288 e. The van der Waals surface area contributed by atoms with Crippen LogP contribution < -0.4 is 0 Å². The van der Waals surface area contributed by atoms with Crippen molar-refractivity contribution >= 4 is 22.1 Å². The van der Waals surface area contributed by atoms with E-state index in [0.717, 1.165) is 18.4 Å². The molecule has 2 fully saturated rings. The van der Waals surface area contributed by atoms with Gasteiger partial charge in [-0.3, -0.25) is 4.90 Å². The molecule has 1 aliphatic heterocycles. The van der Waals surface area contributed by atoms with Gasteiger partial charge in [-0.25, -0.2) is 17.5 Å². The van der Waals surface area contributed by atoms with Crippen molar-refractivity contribution in [1.82, 2.24) is 14.7 Å². The van der Waals surface area contributed by atoms with Crippen LogP contribution in [0.4, 0.5) is 4.39 Å². The summed E-state index contributed by atoms with van der Waals surface area (Å²) in [5, 5.41) is 4.44. The lowest BCUT2D eigenvalue weighted by Crippen LogP contribution is -2.29. The van der Waals surface area contributed by atoms with Gasteiger partial charge in [0.1, 0.15) is 5.82 Å². The molecule has 1 saturated heterocycles. The molecule has 1 aromatic heterocycles. The van der Waals surface area contributed by atoms with Gasteiger partial charge >= 0.3 is 0 Å². The van der Waals surface area contributed by atoms with Gasteiger partial charge < -0.3 is 4.42 Å². The largest absolute Gasteiger partial charge is 0.414 e. The first-order valence-corrected chi connectivity index (χ1v) is 10.9. The Kier molecular flexibility index (Phi) is 4.70. The van der Waals surface area contributed by atoms with E-state index >= 15 is 0 Å². The number of hydrogen-bond donors (Lipinski definition) is 0. The fourth-order valence-corrected chi connectivity index (χ4v) is 5.21. The van der Waals surface area contributed by atoms with Crippen LogP contribution in [0, 0.1) is 10.7 Å². The Morgan fingerprint density at radius 2 is 2.00 bits per heavy atom. The lowest BCUT2D eigenvalue weighted by atomic mass is 10.1. The van der Waals surface area contributed by atoms with E-state index in [9.17, 15) is 12.8 Å². The second-order valence-corrected chi connectivity index (χ2v) is 9.63. The Bertz CT molecular complexity index is 948. The lowest BCUT2D eigenvalue weighted by Gasteiger charge is -2.21. The molecule has 0 bridgehead atoms. The molecular weight excluding hydrogens is 377 g/mol. The molecule has 9 heteroatoms. The van der Waals surface area contributed by atoms with Crippen LogP contribution in [0.3, 0.4) is 0 Å². The van der Waals surface area contributed by atoms with Crippen molar-refractivity contribution in [1.29, 1.82) is 0 Å². The quantitative estimate of drug-likeness (QED) is 0.698. The van der Waals surface area contributed by atoms with E-state index in [2.05, 4.69) is 10.00 Å². The number of hydrogen-bond acceptors (Lipinski definition) is 6. The van der Waals surface area contributed by atoms with Gasteiger partial charge in [-0.05, 0) is 49.2 Å². The monoisotopic (exact) mass is 397 g/mol. The van der Waals surface area contributed by atoms with Gasteiger partial charge in [0.25, 0.3) is 4.84 Å². The third-order valence-electron chi connectivity index (χ3n) is 4.88. The molecule has 140 valence electrons. The Hall–Kier alpha value is -1.58. The second kappa shape index (κ2) is 6.86. The van der Waals surface area contributed by atoms with E-state index in [1.165, 1.54) is 12.1 Å². The van der Waals surface area contributed by atoms with Crippen LogP contribution in [0.1, 0.15) is 36.6 Å². The minimum Gasteiger partial charge on any atom is -0.414 e. The highest BCUT2D eigenvalue weighted by Gasteiger charge is 2.34. The Morgan fingerprint density at radius 3 is 2.62 bits per heavy atom. The summed E-state index contributed by atoms with van der Waals surface area (Å²) in [5.41, 5.74) is 1.02. The second-order valence-electron chi connectivity index (χ2n) is 7.05. The van der Waals surface area contributed by atoms with Gasteiger partial charge in [0.15, 0.2) is 9.84 Å². The van der Waals surface area contributed by atoms with Crippen molar-refractivity contribution in [2.45, 2.75) is 44.4 Å². The van der Waals surface area contributed by atoms with Crippen LogP contribution in [0.2, 0.25) is 0 Å². The van der Waals surface area contributed by atoms with E-state index in [1.54, 1.807) is 16.8 Å². The van der Waals surface area contributed by atoms with E-state index in [4.69, 9.17) is 16.6 Å². The number of nitrogens with zero attached hydrogens (tertiary/aromatic N) is 3. The van der Waals surface area contributed by atoms with Crippen molar-refractivity contribution in [3.63, 3.8) is 0 Å². The minimum absolute atomic E-state index is 0.0736. The van der Waals surface area contributed by atoms with Gasteiger partial charge in [-0.1, -0.05) is 12.1 Å². The predicted octanol–water partition coefficient (Wildman–Crippen LogP) is 2.87. The highest BCUT2D eigenvalue weighted by Crippen LogP contribution is 2.30. The fourth-order valence-electron chi connectivity index (χ4n) is 3.30. The first kappa shape index (κ1) is 17.8. The molecule has 26 heavy (non-hydrogen) atoms. The van der Waals surface area contributed by atoms with Gasteiger partial charge in [-0.2, -0.15) is 0 Å². The summed E-state index contributed by atoms with van der Waals surface area (Å²) in [5.74, 6) is 0.195. The van der Waals surface area contributed by atoms with Gasteiger partial charge in [0.2, 0.25) is 5.89 Å². The Balaban J connectivity index is 1.49. The molecule has 1 aliphatic carbocycles. The minimum atomic E-state index is -3.00. The molecule has 1 atom stereocenters. The van der Waals surface area contributed by atoms with E-state index in [1.807, 2.05) is 0 Å². The molecule has 0 unspecified atom stereocenters. The zero-order valence-corrected chi connectivity index (χ0v) is 15.8. The zero-order valence-electron chi connectivity index (χ0n) is 14.2. The van der Waals surface area contributed by atoms with Gasteiger partial charge in [0, 0.05) is 12.6 Å². The molecule has 6 nitrogen and oxygen atoms in total. The maximum absolute atomic E-state index is 13.1. The fraction of sp³-hybridized carbons (Fsp3) is 0.529. The molecule has 2 aliphatic rings. The van der Waals surface area contributed by atoms with Gasteiger partial charge in [-0.15, -0.1) is 5.10 Å². The Labute approximate surface area is 156 Å². The van der Waals surface area contributed by atoms with Crippen LogP contribution in [0.25, 0.3) is 0 Å². The molecule has 2 heterocycles. The summed E-state index contributed by atoms with van der Waals surface area (Å²) in [6.45, 7) is 1.15. The SMILES string of the molecule is O=S1(=O)CC[C@H](c2nn(CN(Cc3ccc(F)cc3)C3CC3)c(=S)o2)C1. The maximum atomic E-state index is 13.1. The molecular formula is C17H20FN3O3S2. The van der Waals surface area contributed by atoms with Crippen LogP contribution in [0.15, 0.2) is 28.7 Å². The van der Waals surface area contributed by atoms with Crippen molar-refractivity contribution < 1.29 is 17.2 Å². The first-order chi connectivity index (χ1) is 12.4. The molecule has 0 N–H and O–H groups in total. The lowest BCUT2D eigenvalue weighted by molar-refractivity contribution is 0.184. The van der Waals surface area contributed by atoms with Crippen LogP contribution in [0.5, 0.6) is 0 Å². The molecule has 1 saturated carbocycles. The topological polar surface area (TPSA) is 68.3 Å². The van der Waals surface area contributed by atoms with Crippen molar-refractivity contribution in [2.24, 2.45) is 0 Å². The molecule has 2 aromatic rings. The molecule has 0 amide bonds. The van der Waals surface area contributed by atoms with Crippen LogP contribution in [-0.4, -0.2) is 40.6 Å². The number of halogens is 1. The average Bonchev–Trinajstić information content (AvgIpc) is 3.29. The summed E-state index contributed by atoms with van der Waals surface area (Å²) in [6.07, 6.45) is 2.75. The predicted molar refractivity (Wildman–Crippen MR) is 96.3 cm³/mol. The van der Waals surface area contributed by atoms with E-state index in [0.29, 0.717) is 31.6 Å².